The number of amides is 1. The van der Waals surface area contributed by atoms with Crippen LogP contribution in [0.15, 0.2) is 175 Å². The Hall–Kier alpha value is -4.93. The summed E-state index contributed by atoms with van der Waals surface area (Å²) in [6, 6.07) is 55.3. The van der Waals surface area contributed by atoms with Crippen molar-refractivity contribution in [3.05, 3.63) is 209 Å². The van der Waals surface area contributed by atoms with E-state index in [1.165, 1.54) is 17.7 Å². The van der Waals surface area contributed by atoms with Crippen LogP contribution in [0.5, 0.6) is 0 Å². The molecule has 6 aromatic rings. The molecule has 0 aliphatic carbocycles. The second-order valence-corrected chi connectivity index (χ2v) is 12.1. The summed E-state index contributed by atoms with van der Waals surface area (Å²) in [6.45, 7) is 0. The number of benzene rings is 6. The van der Waals surface area contributed by atoms with E-state index >= 15 is 0 Å². The molecule has 0 spiro atoms. The van der Waals surface area contributed by atoms with E-state index in [4.69, 9.17) is 0 Å². The number of thioether (sulfide) groups is 1. The molecule has 222 valence electrons. The molecular formula is C41H34FNOS. The van der Waals surface area contributed by atoms with Crippen molar-refractivity contribution in [2.24, 2.45) is 0 Å². The maximum absolute atomic E-state index is 14.3. The van der Waals surface area contributed by atoms with Gasteiger partial charge in [0.2, 0.25) is 5.91 Å². The van der Waals surface area contributed by atoms with Crippen molar-refractivity contribution in [1.82, 2.24) is 5.32 Å². The quantitative estimate of drug-likeness (QED) is 0.117. The lowest BCUT2D eigenvalue weighted by Crippen LogP contribution is -2.38. The fourth-order valence-corrected chi connectivity index (χ4v) is 6.79. The van der Waals surface area contributed by atoms with E-state index in [2.05, 4.69) is 90.2 Å². The van der Waals surface area contributed by atoms with Crippen molar-refractivity contribution >= 4 is 17.7 Å². The van der Waals surface area contributed by atoms with Crippen LogP contribution in [0.25, 0.3) is 0 Å². The average Bonchev–Trinajstić information content (AvgIpc) is 3.11. The van der Waals surface area contributed by atoms with Crippen LogP contribution in [0, 0.1) is 5.82 Å². The van der Waals surface area contributed by atoms with Crippen molar-refractivity contribution in [3.63, 3.8) is 0 Å². The van der Waals surface area contributed by atoms with E-state index in [0.29, 0.717) is 0 Å². The highest BCUT2D eigenvalue weighted by Gasteiger charge is 2.39. The molecule has 2 nitrogen and oxygen atoms in total. The molecule has 1 atom stereocenters. The Morgan fingerprint density at radius 2 is 1.00 bits per heavy atom. The molecule has 0 aliphatic rings. The lowest BCUT2D eigenvalue weighted by molar-refractivity contribution is -0.122. The number of hydrogen-bond acceptors (Lipinski definition) is 2. The van der Waals surface area contributed by atoms with Gasteiger partial charge in [-0.3, -0.25) is 4.79 Å². The molecule has 1 unspecified atom stereocenters. The van der Waals surface area contributed by atoms with Crippen molar-refractivity contribution in [1.29, 1.82) is 0 Å². The third-order valence-electron chi connectivity index (χ3n) is 8.20. The van der Waals surface area contributed by atoms with Gasteiger partial charge in [-0.25, -0.2) is 4.39 Å². The summed E-state index contributed by atoms with van der Waals surface area (Å²) in [5.41, 5.74) is 5.41. The molecule has 6 aromatic carbocycles. The van der Waals surface area contributed by atoms with Crippen molar-refractivity contribution < 1.29 is 9.18 Å². The molecule has 0 saturated carbocycles. The number of nitrogens with one attached hydrogen (secondary N) is 1. The van der Waals surface area contributed by atoms with E-state index < -0.39 is 11.5 Å². The van der Waals surface area contributed by atoms with Gasteiger partial charge in [-0.15, -0.1) is 11.8 Å². The zero-order valence-electron chi connectivity index (χ0n) is 24.9. The Kier molecular flexibility index (Phi) is 9.53. The van der Waals surface area contributed by atoms with Gasteiger partial charge in [0.05, 0.1) is 11.5 Å². The Labute approximate surface area is 269 Å². The molecule has 0 bridgehead atoms. The number of hydrogen-bond donors (Lipinski definition) is 1. The normalized spacial score (nSPS) is 11.9. The van der Waals surface area contributed by atoms with Gasteiger partial charge in [-0.05, 0) is 57.6 Å². The minimum atomic E-state index is -0.723. The third kappa shape index (κ3) is 7.08. The summed E-state index contributed by atoms with van der Waals surface area (Å²) in [4.78, 5) is 15.5. The van der Waals surface area contributed by atoms with Crippen molar-refractivity contribution in [2.75, 3.05) is 0 Å². The van der Waals surface area contributed by atoms with Gasteiger partial charge in [0, 0.05) is 17.1 Å². The molecule has 0 radical (unpaired) electrons. The zero-order chi connectivity index (χ0) is 30.9. The van der Waals surface area contributed by atoms with Crippen LogP contribution in [0.4, 0.5) is 4.39 Å². The minimum Gasteiger partial charge on any atom is -0.345 e. The van der Waals surface area contributed by atoms with Crippen molar-refractivity contribution in [3.8, 4) is 0 Å². The first kappa shape index (κ1) is 30.1. The largest absolute Gasteiger partial charge is 0.345 e. The summed E-state index contributed by atoms with van der Waals surface area (Å²) in [5, 5.41) is 3.34. The van der Waals surface area contributed by atoms with Crippen LogP contribution in [0.3, 0.4) is 0 Å². The molecule has 0 aliphatic heterocycles. The van der Waals surface area contributed by atoms with Gasteiger partial charge >= 0.3 is 0 Å². The van der Waals surface area contributed by atoms with Crippen LogP contribution in [-0.2, 0) is 16.0 Å². The van der Waals surface area contributed by atoms with Gasteiger partial charge in [0.15, 0.2) is 0 Å². The standard InChI is InChI=1S/C41H34FNOS/c42-37-25-21-32(22-26-37)40(33-23-27-38(28-24-33)45-30-31-13-5-1-6-14-31)43-39(44)29-41(34-15-7-2-8-16-34,35-17-9-3-10-18-35)36-19-11-4-12-20-36/h1-28,40H,29-30H2,(H,43,44). The van der Waals surface area contributed by atoms with E-state index in [-0.39, 0.29) is 18.1 Å². The van der Waals surface area contributed by atoms with E-state index in [1.54, 1.807) is 23.9 Å². The van der Waals surface area contributed by atoms with Crippen LogP contribution >= 0.6 is 11.8 Å². The van der Waals surface area contributed by atoms with Crippen LogP contribution in [-0.4, -0.2) is 5.91 Å². The average molecular weight is 608 g/mol. The fourth-order valence-electron chi connectivity index (χ4n) is 5.94. The summed E-state index contributed by atoms with van der Waals surface area (Å²) in [6.07, 6.45) is 0.188. The highest BCUT2D eigenvalue weighted by molar-refractivity contribution is 7.98. The first-order chi connectivity index (χ1) is 22.1. The first-order valence-electron chi connectivity index (χ1n) is 15.1. The van der Waals surface area contributed by atoms with E-state index in [0.717, 1.165) is 38.5 Å². The van der Waals surface area contributed by atoms with Gasteiger partial charge < -0.3 is 5.32 Å². The first-order valence-corrected chi connectivity index (χ1v) is 16.1. The predicted molar refractivity (Wildman–Crippen MR) is 183 cm³/mol. The minimum absolute atomic E-state index is 0.108. The van der Waals surface area contributed by atoms with Gasteiger partial charge in [-0.2, -0.15) is 0 Å². The smallest absolute Gasteiger partial charge is 0.222 e. The van der Waals surface area contributed by atoms with E-state index in [1.807, 2.05) is 60.7 Å². The second-order valence-electron chi connectivity index (χ2n) is 11.1. The molecule has 0 heterocycles. The summed E-state index contributed by atoms with van der Waals surface area (Å²) >= 11 is 1.77. The molecule has 4 heteroatoms. The fraction of sp³-hybridized carbons (Fsp3) is 0.0976. The Balaban J connectivity index is 1.34. The molecule has 45 heavy (non-hydrogen) atoms. The number of carbonyl (C=O) groups is 1. The molecule has 1 amide bonds. The lowest BCUT2D eigenvalue weighted by atomic mass is 9.67. The Bertz CT molecular complexity index is 1700. The molecule has 0 saturated heterocycles. The Morgan fingerprint density at radius 3 is 1.47 bits per heavy atom. The van der Waals surface area contributed by atoms with E-state index in [9.17, 15) is 9.18 Å². The number of rotatable bonds is 11. The monoisotopic (exact) mass is 607 g/mol. The number of halogens is 1. The topological polar surface area (TPSA) is 29.1 Å². The zero-order valence-corrected chi connectivity index (χ0v) is 25.7. The summed E-state index contributed by atoms with van der Waals surface area (Å²) in [5.74, 6) is 0.454. The van der Waals surface area contributed by atoms with Crippen LogP contribution in [0.1, 0.15) is 45.8 Å². The SMILES string of the molecule is O=C(CC(c1ccccc1)(c1ccccc1)c1ccccc1)NC(c1ccc(F)cc1)c1ccc(SCc2ccccc2)cc1. The highest BCUT2D eigenvalue weighted by atomic mass is 32.2. The molecule has 0 aromatic heterocycles. The second kappa shape index (κ2) is 14.2. The molecule has 6 rings (SSSR count). The van der Waals surface area contributed by atoms with Crippen LogP contribution in [0.2, 0.25) is 0 Å². The lowest BCUT2D eigenvalue weighted by Gasteiger charge is -2.36. The Morgan fingerprint density at radius 1 is 0.578 bits per heavy atom. The van der Waals surface area contributed by atoms with Crippen LogP contribution < -0.4 is 5.32 Å². The number of carbonyl (C=O) groups excluding carboxylic acids is 1. The van der Waals surface area contributed by atoms with Gasteiger partial charge in [0.25, 0.3) is 0 Å². The molecule has 0 fully saturated rings. The van der Waals surface area contributed by atoms with Gasteiger partial charge in [0.1, 0.15) is 5.82 Å². The molecule has 1 N–H and O–H groups in total. The molecular weight excluding hydrogens is 574 g/mol. The maximum Gasteiger partial charge on any atom is 0.222 e. The third-order valence-corrected chi connectivity index (χ3v) is 9.28. The van der Waals surface area contributed by atoms with Crippen molar-refractivity contribution in [2.45, 2.75) is 28.5 Å². The summed E-state index contributed by atoms with van der Waals surface area (Å²) in [7, 11) is 0. The predicted octanol–water partition coefficient (Wildman–Crippen LogP) is 9.75. The maximum atomic E-state index is 14.3. The summed E-state index contributed by atoms with van der Waals surface area (Å²) < 4.78 is 14.0. The van der Waals surface area contributed by atoms with Gasteiger partial charge in [-0.1, -0.05) is 146 Å². The highest BCUT2D eigenvalue weighted by Crippen LogP contribution is 2.42.